The van der Waals surface area contributed by atoms with Crippen molar-refractivity contribution in [3.05, 3.63) is 54.4 Å². The molecule has 0 spiro atoms. The Kier molecular flexibility index (Phi) is 3.50. The van der Waals surface area contributed by atoms with Gasteiger partial charge in [-0.3, -0.25) is 4.90 Å². The highest BCUT2D eigenvalue weighted by Gasteiger charge is 2.13. The highest BCUT2D eigenvalue weighted by molar-refractivity contribution is 6.20. The van der Waals surface area contributed by atoms with Crippen molar-refractivity contribution in [2.45, 2.75) is 20.4 Å². The molecule has 1 N–H and O–H groups in total. The zero-order valence-electron chi connectivity index (χ0n) is 13.6. The van der Waals surface area contributed by atoms with Crippen LogP contribution in [0.15, 0.2) is 48.7 Å². The van der Waals surface area contributed by atoms with Crippen LogP contribution < -0.4 is 0 Å². The van der Waals surface area contributed by atoms with Gasteiger partial charge in [0.2, 0.25) is 0 Å². The number of benzene rings is 2. The number of pyridine rings is 1. The van der Waals surface area contributed by atoms with Crippen LogP contribution in [0, 0.1) is 0 Å². The molecule has 3 heteroatoms. The van der Waals surface area contributed by atoms with E-state index < -0.39 is 0 Å². The Bertz CT molecular complexity index is 980. The molecule has 0 fully saturated rings. The van der Waals surface area contributed by atoms with Crippen LogP contribution in [0.1, 0.15) is 19.5 Å². The number of fused-ring (bicyclic) bond motifs is 5. The Morgan fingerprint density at radius 3 is 2.57 bits per heavy atom. The van der Waals surface area contributed by atoms with Gasteiger partial charge in [0.15, 0.2) is 0 Å². The molecule has 0 bridgehead atoms. The fraction of sp³-hybridized carbons (Fsp3) is 0.250. The molecular weight excluding hydrogens is 282 g/mol. The third-order valence-electron chi connectivity index (χ3n) is 4.73. The number of nitrogens with zero attached hydrogens (tertiary/aromatic N) is 2. The summed E-state index contributed by atoms with van der Waals surface area (Å²) in [4.78, 5) is 10.7. The van der Waals surface area contributed by atoms with E-state index in [0.29, 0.717) is 0 Å². The molecule has 2 heterocycles. The summed E-state index contributed by atoms with van der Waals surface area (Å²) in [7, 11) is 0. The molecule has 0 aliphatic rings. The van der Waals surface area contributed by atoms with E-state index in [0.717, 1.165) is 30.7 Å². The molecular formula is C20H21N3. The van der Waals surface area contributed by atoms with Gasteiger partial charge in [-0.05, 0) is 36.7 Å². The van der Waals surface area contributed by atoms with Gasteiger partial charge in [0.25, 0.3) is 0 Å². The van der Waals surface area contributed by atoms with E-state index >= 15 is 0 Å². The van der Waals surface area contributed by atoms with E-state index in [9.17, 15) is 0 Å². The highest BCUT2D eigenvalue weighted by atomic mass is 15.1. The quantitative estimate of drug-likeness (QED) is 0.592. The van der Waals surface area contributed by atoms with Crippen LogP contribution in [0.3, 0.4) is 0 Å². The van der Waals surface area contributed by atoms with Gasteiger partial charge in [-0.1, -0.05) is 38.1 Å². The monoisotopic (exact) mass is 303 g/mol. The Morgan fingerprint density at radius 1 is 0.913 bits per heavy atom. The van der Waals surface area contributed by atoms with E-state index in [2.05, 4.69) is 66.2 Å². The number of hydrogen-bond acceptors (Lipinski definition) is 2. The van der Waals surface area contributed by atoms with Crippen LogP contribution in [-0.4, -0.2) is 28.0 Å². The summed E-state index contributed by atoms with van der Waals surface area (Å²) in [5, 5.41) is 5.10. The Labute approximate surface area is 135 Å². The molecule has 0 saturated heterocycles. The van der Waals surface area contributed by atoms with Crippen LogP contribution in [-0.2, 0) is 6.54 Å². The maximum Gasteiger partial charge on any atom is 0.0723 e. The number of rotatable bonds is 4. The molecule has 0 atom stereocenters. The number of aromatic amines is 1. The first-order valence-corrected chi connectivity index (χ1v) is 8.31. The molecule has 0 saturated carbocycles. The first kappa shape index (κ1) is 14.2. The molecule has 2 aromatic heterocycles. The van der Waals surface area contributed by atoms with Crippen molar-refractivity contribution in [3.8, 4) is 0 Å². The van der Waals surface area contributed by atoms with E-state index in [1.165, 1.54) is 27.2 Å². The van der Waals surface area contributed by atoms with E-state index in [4.69, 9.17) is 4.98 Å². The SMILES string of the molecule is CCN(CC)Cc1[nH]ccc2ccc3nc4ccccc4c3c12. The van der Waals surface area contributed by atoms with Crippen molar-refractivity contribution in [2.24, 2.45) is 0 Å². The Hall–Kier alpha value is -2.39. The molecule has 3 nitrogen and oxygen atoms in total. The van der Waals surface area contributed by atoms with Crippen molar-refractivity contribution in [2.75, 3.05) is 13.1 Å². The van der Waals surface area contributed by atoms with Crippen molar-refractivity contribution < 1.29 is 0 Å². The maximum atomic E-state index is 4.80. The molecule has 4 rings (SSSR count). The third-order valence-corrected chi connectivity index (χ3v) is 4.73. The normalized spacial score (nSPS) is 12.0. The smallest absolute Gasteiger partial charge is 0.0723 e. The maximum absolute atomic E-state index is 4.80. The fourth-order valence-corrected chi connectivity index (χ4v) is 3.45. The number of nitrogens with one attached hydrogen (secondary N) is 1. The lowest BCUT2D eigenvalue weighted by Crippen LogP contribution is -2.22. The van der Waals surface area contributed by atoms with Crippen LogP contribution in [0.2, 0.25) is 0 Å². The van der Waals surface area contributed by atoms with Crippen LogP contribution in [0.25, 0.3) is 32.6 Å². The minimum absolute atomic E-state index is 0.933. The average molecular weight is 303 g/mol. The van der Waals surface area contributed by atoms with Crippen molar-refractivity contribution in [1.29, 1.82) is 0 Å². The topological polar surface area (TPSA) is 31.9 Å². The number of para-hydroxylation sites is 1. The lowest BCUT2D eigenvalue weighted by molar-refractivity contribution is 0.293. The van der Waals surface area contributed by atoms with Crippen molar-refractivity contribution in [3.63, 3.8) is 0 Å². The predicted molar refractivity (Wildman–Crippen MR) is 97.7 cm³/mol. The summed E-state index contributed by atoms with van der Waals surface area (Å²) < 4.78 is 0. The summed E-state index contributed by atoms with van der Waals surface area (Å²) >= 11 is 0. The van der Waals surface area contributed by atoms with Gasteiger partial charge in [-0.15, -0.1) is 0 Å². The van der Waals surface area contributed by atoms with Gasteiger partial charge in [0.1, 0.15) is 0 Å². The second-order valence-electron chi connectivity index (χ2n) is 5.97. The van der Waals surface area contributed by atoms with E-state index in [-0.39, 0.29) is 0 Å². The highest BCUT2D eigenvalue weighted by Crippen LogP contribution is 2.33. The largest absolute Gasteiger partial charge is 0.363 e. The molecule has 0 aliphatic heterocycles. The molecule has 4 aromatic rings. The second-order valence-corrected chi connectivity index (χ2v) is 5.97. The standard InChI is InChI=1S/C20H21N3/c1-3-23(4-2)13-18-19-14(11-12-21-18)9-10-17-20(19)15-7-5-6-8-16(15)22-17/h5-12,21H,3-4,13H2,1-2H3. The fourth-order valence-electron chi connectivity index (χ4n) is 3.45. The molecule has 0 aliphatic carbocycles. The van der Waals surface area contributed by atoms with Crippen LogP contribution in [0.5, 0.6) is 0 Å². The zero-order valence-corrected chi connectivity index (χ0v) is 13.6. The van der Waals surface area contributed by atoms with Gasteiger partial charge in [-0.2, -0.15) is 0 Å². The molecule has 23 heavy (non-hydrogen) atoms. The molecule has 0 radical (unpaired) electrons. The van der Waals surface area contributed by atoms with Crippen LogP contribution >= 0.6 is 0 Å². The average Bonchev–Trinajstić information content (AvgIpc) is 2.98. The summed E-state index contributed by atoms with van der Waals surface area (Å²) in [6, 6.07) is 14.9. The van der Waals surface area contributed by atoms with Gasteiger partial charge >= 0.3 is 0 Å². The molecule has 0 unspecified atom stereocenters. The first-order valence-electron chi connectivity index (χ1n) is 8.31. The van der Waals surface area contributed by atoms with Gasteiger partial charge in [0.05, 0.1) is 11.0 Å². The summed E-state index contributed by atoms with van der Waals surface area (Å²) in [5.41, 5.74) is 3.43. The molecule has 116 valence electrons. The van der Waals surface area contributed by atoms with Gasteiger partial charge in [-0.25, -0.2) is 4.98 Å². The predicted octanol–water partition coefficient (Wildman–Crippen LogP) is 4.71. The van der Waals surface area contributed by atoms with Gasteiger partial charge < -0.3 is 4.98 Å². The molecule has 2 aromatic carbocycles. The van der Waals surface area contributed by atoms with Gasteiger partial charge in [0, 0.05) is 34.6 Å². The number of aromatic nitrogens is 2. The minimum Gasteiger partial charge on any atom is -0.363 e. The van der Waals surface area contributed by atoms with E-state index in [1.807, 2.05) is 6.20 Å². The zero-order chi connectivity index (χ0) is 15.8. The lowest BCUT2D eigenvalue weighted by atomic mass is 10.0. The van der Waals surface area contributed by atoms with Crippen LogP contribution in [0.4, 0.5) is 0 Å². The Balaban J connectivity index is 2.07. The lowest BCUT2D eigenvalue weighted by Gasteiger charge is -2.19. The number of H-pyrrole nitrogens is 1. The summed E-state index contributed by atoms with van der Waals surface area (Å²) in [6.45, 7) is 7.46. The van der Waals surface area contributed by atoms with Crippen molar-refractivity contribution in [1.82, 2.24) is 14.9 Å². The minimum atomic E-state index is 0.933. The third kappa shape index (κ3) is 2.28. The summed E-state index contributed by atoms with van der Waals surface area (Å²) in [5.74, 6) is 0. The Morgan fingerprint density at radius 2 is 1.74 bits per heavy atom. The molecule has 0 amide bonds. The first-order chi connectivity index (χ1) is 11.3. The van der Waals surface area contributed by atoms with Crippen molar-refractivity contribution >= 4 is 32.6 Å². The summed E-state index contributed by atoms with van der Waals surface area (Å²) in [6.07, 6.45) is 2.05. The van der Waals surface area contributed by atoms with E-state index in [1.54, 1.807) is 0 Å². The number of hydrogen-bond donors (Lipinski definition) is 1. The second kappa shape index (κ2) is 5.67.